The summed E-state index contributed by atoms with van der Waals surface area (Å²) in [4.78, 5) is 31.8. The lowest BCUT2D eigenvalue weighted by Gasteiger charge is -2.07. The summed E-state index contributed by atoms with van der Waals surface area (Å²) in [5, 5.41) is 27.0. The van der Waals surface area contributed by atoms with Crippen LogP contribution in [0.5, 0.6) is 0 Å². The van der Waals surface area contributed by atoms with E-state index >= 15 is 0 Å². The number of hydrogen-bond acceptors (Lipinski definition) is 6. The number of nitrogens with one attached hydrogen (secondary N) is 1. The quantitative estimate of drug-likeness (QED) is 0.633. The highest BCUT2D eigenvalue weighted by Gasteiger charge is 2.44. The van der Waals surface area contributed by atoms with Crippen molar-refractivity contribution in [2.45, 2.75) is 19.6 Å². The van der Waals surface area contributed by atoms with Gasteiger partial charge in [-0.1, -0.05) is 12.1 Å². The van der Waals surface area contributed by atoms with E-state index in [-0.39, 0.29) is 5.69 Å². The van der Waals surface area contributed by atoms with Gasteiger partial charge in [-0.05, 0) is 13.0 Å². The zero-order valence-corrected chi connectivity index (χ0v) is 13.0. The monoisotopic (exact) mass is 373 g/mol. The third kappa shape index (κ3) is 3.76. The van der Waals surface area contributed by atoms with E-state index in [9.17, 15) is 38.2 Å². The van der Waals surface area contributed by atoms with Crippen LogP contribution in [0, 0.1) is 27.2 Å². The van der Waals surface area contributed by atoms with Crippen LogP contribution in [0.4, 0.5) is 30.2 Å². The highest BCUT2D eigenvalue weighted by atomic mass is 19.4. The number of nitro groups is 2. The van der Waals surface area contributed by atoms with Gasteiger partial charge in [-0.25, -0.2) is 0 Å². The number of amides is 1. The molecular weight excluding hydrogens is 363 g/mol. The van der Waals surface area contributed by atoms with Crippen LogP contribution in [0.2, 0.25) is 0 Å². The molecule has 1 aromatic carbocycles. The second-order valence-corrected chi connectivity index (χ2v) is 5.02. The number of rotatable bonds is 5. The fourth-order valence-corrected chi connectivity index (χ4v) is 2.16. The summed E-state index contributed by atoms with van der Waals surface area (Å²) < 4.78 is 39.1. The van der Waals surface area contributed by atoms with E-state index < -0.39 is 51.2 Å². The number of carbonyl (C=O) groups excluding carboxylic acids is 1. The first-order chi connectivity index (χ1) is 12.0. The number of alkyl halides is 3. The summed E-state index contributed by atoms with van der Waals surface area (Å²) >= 11 is 0. The van der Waals surface area contributed by atoms with E-state index in [0.717, 1.165) is 13.0 Å². The Bertz CT molecular complexity index is 893. The van der Waals surface area contributed by atoms with Gasteiger partial charge in [-0.15, -0.1) is 0 Å². The molecule has 26 heavy (non-hydrogen) atoms. The summed E-state index contributed by atoms with van der Waals surface area (Å²) in [7, 11) is 0. The molecule has 10 nitrogen and oxygen atoms in total. The van der Waals surface area contributed by atoms with Crippen LogP contribution in [0.25, 0.3) is 0 Å². The Morgan fingerprint density at radius 1 is 1.23 bits per heavy atom. The molecule has 0 saturated carbocycles. The van der Waals surface area contributed by atoms with Crippen molar-refractivity contribution in [1.82, 2.24) is 9.78 Å². The third-order valence-corrected chi connectivity index (χ3v) is 3.29. The van der Waals surface area contributed by atoms with Crippen molar-refractivity contribution >= 4 is 23.0 Å². The normalized spacial score (nSPS) is 11.2. The fraction of sp³-hybridized carbons (Fsp3) is 0.231. The summed E-state index contributed by atoms with van der Waals surface area (Å²) in [6.45, 7) is 0.216. The van der Waals surface area contributed by atoms with Crippen molar-refractivity contribution in [3.8, 4) is 0 Å². The van der Waals surface area contributed by atoms with Crippen LogP contribution in [0.3, 0.4) is 0 Å². The summed E-state index contributed by atoms with van der Waals surface area (Å²) in [5.74, 6) is -0.937. The summed E-state index contributed by atoms with van der Waals surface area (Å²) in [5.41, 5.74) is -4.03. The smallest absolute Gasteiger partial charge is 0.319 e. The number of carbonyl (C=O) groups is 1. The van der Waals surface area contributed by atoms with Gasteiger partial charge in [0.05, 0.1) is 9.85 Å². The first-order valence-corrected chi connectivity index (χ1v) is 6.84. The fourth-order valence-electron chi connectivity index (χ4n) is 2.16. The number of aromatic nitrogens is 2. The van der Waals surface area contributed by atoms with E-state index in [2.05, 4.69) is 10.4 Å². The molecule has 138 valence electrons. The maximum Gasteiger partial charge on any atom is 0.442 e. The number of anilines is 1. The van der Waals surface area contributed by atoms with Gasteiger partial charge in [0.25, 0.3) is 5.69 Å². The SMILES string of the molecule is Cc1c([N+](=O)[O-])c(C(F)(F)F)nn1CC(=O)Nc1ccccc1[N+](=O)[O-]. The Morgan fingerprint density at radius 2 is 1.85 bits per heavy atom. The van der Waals surface area contributed by atoms with Gasteiger partial charge in [0.2, 0.25) is 11.6 Å². The van der Waals surface area contributed by atoms with Gasteiger partial charge >= 0.3 is 11.9 Å². The van der Waals surface area contributed by atoms with Crippen LogP contribution < -0.4 is 5.32 Å². The average Bonchev–Trinajstić information content (AvgIpc) is 2.84. The average molecular weight is 373 g/mol. The van der Waals surface area contributed by atoms with Gasteiger partial charge in [-0.2, -0.15) is 18.3 Å². The number of halogens is 3. The second kappa shape index (κ2) is 6.78. The molecule has 0 atom stereocenters. The molecule has 0 fully saturated rings. The van der Waals surface area contributed by atoms with Crippen molar-refractivity contribution in [3.05, 3.63) is 55.9 Å². The van der Waals surface area contributed by atoms with Crippen molar-refractivity contribution in [1.29, 1.82) is 0 Å². The predicted molar refractivity (Wildman–Crippen MR) is 80.3 cm³/mol. The Morgan fingerprint density at radius 3 is 2.35 bits per heavy atom. The Balaban J connectivity index is 2.31. The van der Waals surface area contributed by atoms with Crippen molar-refractivity contribution in [3.63, 3.8) is 0 Å². The van der Waals surface area contributed by atoms with Gasteiger partial charge in [0.15, 0.2) is 0 Å². The van der Waals surface area contributed by atoms with E-state index in [1.54, 1.807) is 0 Å². The van der Waals surface area contributed by atoms with Crippen LogP contribution in [0.1, 0.15) is 11.4 Å². The second-order valence-electron chi connectivity index (χ2n) is 5.02. The summed E-state index contributed by atoms with van der Waals surface area (Å²) in [6, 6.07) is 5.13. The Kier molecular flexibility index (Phi) is 4.91. The predicted octanol–water partition coefficient (Wildman–Crippen LogP) is 2.67. The van der Waals surface area contributed by atoms with Crippen LogP contribution in [-0.4, -0.2) is 25.5 Å². The Hall–Kier alpha value is -3.51. The van der Waals surface area contributed by atoms with Gasteiger partial charge in [0.1, 0.15) is 17.9 Å². The molecule has 0 aliphatic rings. The molecule has 1 N–H and O–H groups in total. The zero-order valence-electron chi connectivity index (χ0n) is 13.0. The molecule has 0 spiro atoms. The number of nitro benzene ring substituents is 1. The number of nitrogens with zero attached hydrogens (tertiary/aromatic N) is 4. The van der Waals surface area contributed by atoms with Crippen molar-refractivity contribution < 1.29 is 27.8 Å². The molecule has 1 aromatic heterocycles. The molecule has 0 aliphatic carbocycles. The lowest BCUT2D eigenvalue weighted by Crippen LogP contribution is -2.21. The maximum atomic E-state index is 12.9. The summed E-state index contributed by atoms with van der Waals surface area (Å²) in [6.07, 6.45) is -5.08. The molecular formula is C13H10F3N5O5. The van der Waals surface area contributed by atoms with Crippen molar-refractivity contribution in [2.75, 3.05) is 5.32 Å². The number of benzene rings is 1. The zero-order chi connectivity index (χ0) is 19.6. The first kappa shape index (κ1) is 18.8. The Labute approximate surface area is 142 Å². The highest BCUT2D eigenvalue weighted by molar-refractivity contribution is 5.92. The lowest BCUT2D eigenvalue weighted by atomic mass is 10.2. The third-order valence-electron chi connectivity index (χ3n) is 3.29. The minimum Gasteiger partial charge on any atom is -0.319 e. The minimum atomic E-state index is -5.08. The van der Waals surface area contributed by atoms with Crippen LogP contribution >= 0.6 is 0 Å². The van der Waals surface area contributed by atoms with Crippen LogP contribution in [-0.2, 0) is 17.5 Å². The largest absolute Gasteiger partial charge is 0.442 e. The highest BCUT2D eigenvalue weighted by Crippen LogP contribution is 2.37. The first-order valence-electron chi connectivity index (χ1n) is 6.84. The van der Waals surface area contributed by atoms with Gasteiger partial charge in [-0.3, -0.25) is 29.7 Å². The van der Waals surface area contributed by atoms with E-state index in [4.69, 9.17) is 0 Å². The molecule has 0 unspecified atom stereocenters. The van der Waals surface area contributed by atoms with Crippen LogP contribution in [0.15, 0.2) is 24.3 Å². The topological polar surface area (TPSA) is 133 Å². The molecule has 13 heteroatoms. The molecule has 2 aromatic rings. The van der Waals surface area contributed by atoms with E-state index in [1.165, 1.54) is 18.2 Å². The maximum absolute atomic E-state index is 12.9. The molecule has 1 heterocycles. The number of hydrogen-bond donors (Lipinski definition) is 1. The van der Waals surface area contributed by atoms with E-state index in [1.807, 2.05) is 0 Å². The lowest BCUT2D eigenvalue weighted by molar-refractivity contribution is -0.388. The molecule has 0 radical (unpaired) electrons. The molecule has 0 aliphatic heterocycles. The van der Waals surface area contributed by atoms with Gasteiger partial charge in [0, 0.05) is 6.07 Å². The molecule has 0 saturated heterocycles. The molecule has 1 amide bonds. The number of para-hydroxylation sites is 2. The standard InChI is InChI=1S/C13H10F3N5O5/c1-7-11(21(25)26)12(13(14,15)16)18-19(7)6-10(22)17-8-4-2-3-5-9(8)20(23)24/h2-5H,6H2,1H3,(H,17,22). The van der Waals surface area contributed by atoms with Gasteiger partial charge < -0.3 is 5.32 Å². The van der Waals surface area contributed by atoms with E-state index in [0.29, 0.717) is 4.68 Å². The minimum absolute atomic E-state index is 0.169. The van der Waals surface area contributed by atoms with Crippen molar-refractivity contribution in [2.24, 2.45) is 0 Å². The molecule has 2 rings (SSSR count). The molecule has 0 bridgehead atoms.